The van der Waals surface area contributed by atoms with Gasteiger partial charge in [0.05, 0.1) is 19.8 Å². The molecular weight excluding hydrogens is 477 g/mol. The Bertz CT molecular complexity index is 497. The third kappa shape index (κ3) is 8.19. The summed E-state index contributed by atoms with van der Waals surface area (Å²) >= 11 is 0. The van der Waals surface area contributed by atoms with Crippen molar-refractivity contribution in [1.82, 2.24) is 20.0 Å². The van der Waals surface area contributed by atoms with E-state index >= 15 is 0 Å². The number of likely N-dealkylation sites (tertiary alicyclic amines) is 1. The Kier molecular flexibility index (Phi) is 13.1. The SMILES string of the molecule is C=CCN(CC=C)C(CN=C(NCC)N1CCC(N2CCOCC2)C1)C(C)C.I. The first-order valence-corrected chi connectivity index (χ1v) is 10.9. The van der Waals surface area contributed by atoms with Crippen molar-refractivity contribution < 1.29 is 4.74 Å². The van der Waals surface area contributed by atoms with Gasteiger partial charge in [-0.2, -0.15) is 0 Å². The van der Waals surface area contributed by atoms with Gasteiger partial charge in [0.25, 0.3) is 0 Å². The van der Waals surface area contributed by atoms with Crippen molar-refractivity contribution in [3.05, 3.63) is 25.3 Å². The van der Waals surface area contributed by atoms with Crippen LogP contribution in [0.2, 0.25) is 0 Å². The van der Waals surface area contributed by atoms with Gasteiger partial charge in [0.1, 0.15) is 0 Å². The molecule has 6 nitrogen and oxygen atoms in total. The molecule has 0 spiro atoms. The van der Waals surface area contributed by atoms with Gasteiger partial charge in [0.15, 0.2) is 5.96 Å². The number of halogens is 1. The van der Waals surface area contributed by atoms with Crippen LogP contribution in [-0.2, 0) is 4.74 Å². The van der Waals surface area contributed by atoms with E-state index in [-0.39, 0.29) is 24.0 Å². The van der Waals surface area contributed by atoms with E-state index in [4.69, 9.17) is 9.73 Å². The maximum absolute atomic E-state index is 5.51. The Morgan fingerprint density at radius 1 is 1.21 bits per heavy atom. The zero-order valence-corrected chi connectivity index (χ0v) is 21.0. The van der Waals surface area contributed by atoms with Crippen molar-refractivity contribution in [3.63, 3.8) is 0 Å². The summed E-state index contributed by atoms with van der Waals surface area (Å²) in [6.07, 6.45) is 5.15. The van der Waals surface area contributed by atoms with Gasteiger partial charge in [-0.1, -0.05) is 26.0 Å². The highest BCUT2D eigenvalue weighted by Gasteiger charge is 2.30. The molecular formula is C22H42IN5O. The summed E-state index contributed by atoms with van der Waals surface area (Å²) < 4.78 is 5.51. The molecule has 2 rings (SSSR count). The first-order valence-electron chi connectivity index (χ1n) is 10.9. The summed E-state index contributed by atoms with van der Waals surface area (Å²) in [5, 5.41) is 3.52. The molecule has 2 aliphatic heterocycles. The first-order chi connectivity index (χ1) is 13.6. The van der Waals surface area contributed by atoms with Crippen LogP contribution in [0.4, 0.5) is 0 Å². The highest BCUT2D eigenvalue weighted by molar-refractivity contribution is 14.0. The smallest absolute Gasteiger partial charge is 0.194 e. The molecule has 0 bridgehead atoms. The number of hydrogen-bond acceptors (Lipinski definition) is 4. The van der Waals surface area contributed by atoms with Crippen LogP contribution in [-0.4, -0.2) is 98.3 Å². The Morgan fingerprint density at radius 2 is 1.86 bits per heavy atom. The standard InChI is InChI=1S/C22H41N5O.HI/c1-6-10-26(11-7-2)21(19(4)5)17-24-22(23-8-3)27-12-9-20(18-27)25-13-15-28-16-14-25;/h6-7,19-21H,1-2,8-18H2,3-5H3,(H,23,24);1H. The molecule has 1 N–H and O–H groups in total. The predicted octanol–water partition coefficient (Wildman–Crippen LogP) is 2.68. The van der Waals surface area contributed by atoms with Crippen molar-refractivity contribution in [1.29, 1.82) is 0 Å². The van der Waals surface area contributed by atoms with E-state index in [0.717, 1.165) is 71.5 Å². The average molecular weight is 520 g/mol. The second kappa shape index (κ2) is 14.4. The Morgan fingerprint density at radius 3 is 2.41 bits per heavy atom. The minimum atomic E-state index is 0. The van der Waals surface area contributed by atoms with Gasteiger partial charge >= 0.3 is 0 Å². The number of hydrogen-bond donors (Lipinski definition) is 1. The molecule has 0 amide bonds. The van der Waals surface area contributed by atoms with Gasteiger partial charge in [0.2, 0.25) is 0 Å². The molecule has 2 heterocycles. The zero-order chi connectivity index (χ0) is 20.4. The summed E-state index contributed by atoms with van der Waals surface area (Å²) in [6, 6.07) is 0.994. The first kappa shape index (κ1) is 26.4. The van der Waals surface area contributed by atoms with E-state index in [0.29, 0.717) is 18.0 Å². The lowest BCUT2D eigenvalue weighted by molar-refractivity contribution is 0.0195. The van der Waals surface area contributed by atoms with Crippen LogP contribution in [0, 0.1) is 5.92 Å². The topological polar surface area (TPSA) is 43.3 Å². The summed E-state index contributed by atoms with van der Waals surface area (Å²) in [6.45, 7) is 23.9. The number of aliphatic imine (C=N–C) groups is 1. The van der Waals surface area contributed by atoms with Crippen molar-refractivity contribution in [2.75, 3.05) is 65.6 Å². The second-order valence-electron chi connectivity index (χ2n) is 8.07. The van der Waals surface area contributed by atoms with Crippen molar-refractivity contribution in [3.8, 4) is 0 Å². The third-order valence-electron chi connectivity index (χ3n) is 5.75. The Balaban J connectivity index is 0.00000420. The highest BCUT2D eigenvalue weighted by Crippen LogP contribution is 2.18. The molecule has 2 fully saturated rings. The fraction of sp³-hybridized carbons (Fsp3) is 0.773. The molecule has 2 atom stereocenters. The predicted molar refractivity (Wildman–Crippen MR) is 134 cm³/mol. The lowest BCUT2D eigenvalue weighted by Crippen LogP contribution is -2.47. The number of guanidine groups is 1. The van der Waals surface area contributed by atoms with E-state index in [1.165, 1.54) is 6.42 Å². The fourth-order valence-electron chi connectivity index (χ4n) is 4.21. The third-order valence-corrected chi connectivity index (χ3v) is 5.75. The number of ether oxygens (including phenoxy) is 1. The van der Waals surface area contributed by atoms with Crippen molar-refractivity contribution in [2.45, 2.75) is 39.3 Å². The van der Waals surface area contributed by atoms with Crippen LogP contribution < -0.4 is 5.32 Å². The van der Waals surface area contributed by atoms with Crippen LogP contribution in [0.1, 0.15) is 27.2 Å². The second-order valence-corrected chi connectivity index (χ2v) is 8.07. The molecule has 0 aliphatic carbocycles. The lowest BCUT2D eigenvalue weighted by Gasteiger charge is -2.33. The number of rotatable bonds is 10. The van der Waals surface area contributed by atoms with Crippen LogP contribution >= 0.6 is 24.0 Å². The minimum Gasteiger partial charge on any atom is -0.379 e. The molecule has 2 aliphatic rings. The molecule has 0 saturated carbocycles. The highest BCUT2D eigenvalue weighted by atomic mass is 127. The van der Waals surface area contributed by atoms with Gasteiger partial charge in [-0.15, -0.1) is 37.1 Å². The molecule has 2 saturated heterocycles. The molecule has 0 aromatic carbocycles. The van der Waals surface area contributed by atoms with Gasteiger partial charge in [0, 0.05) is 57.9 Å². The molecule has 2 unspecified atom stereocenters. The molecule has 0 aromatic heterocycles. The van der Waals surface area contributed by atoms with Crippen molar-refractivity contribution in [2.24, 2.45) is 10.9 Å². The normalized spacial score (nSPS) is 21.9. The molecule has 168 valence electrons. The molecule has 0 aromatic rings. The van der Waals surface area contributed by atoms with Crippen LogP contribution in [0.15, 0.2) is 30.3 Å². The van der Waals surface area contributed by atoms with E-state index in [1.807, 2.05) is 12.2 Å². The maximum atomic E-state index is 5.51. The number of nitrogens with one attached hydrogen (secondary N) is 1. The van der Waals surface area contributed by atoms with Gasteiger partial charge in [-0.3, -0.25) is 14.8 Å². The molecule has 29 heavy (non-hydrogen) atoms. The van der Waals surface area contributed by atoms with Gasteiger partial charge in [-0.25, -0.2) is 0 Å². The number of nitrogens with zero attached hydrogens (tertiary/aromatic N) is 4. The van der Waals surface area contributed by atoms with E-state index in [1.54, 1.807) is 0 Å². The van der Waals surface area contributed by atoms with Crippen molar-refractivity contribution >= 4 is 29.9 Å². The summed E-state index contributed by atoms with van der Waals surface area (Å²) in [5.41, 5.74) is 0. The minimum absolute atomic E-state index is 0. The zero-order valence-electron chi connectivity index (χ0n) is 18.7. The largest absolute Gasteiger partial charge is 0.379 e. The van der Waals surface area contributed by atoms with Crippen LogP contribution in [0.5, 0.6) is 0 Å². The van der Waals surface area contributed by atoms with E-state index in [2.05, 4.69) is 53.9 Å². The summed E-state index contributed by atoms with van der Waals surface area (Å²) in [5.74, 6) is 1.58. The quantitative estimate of drug-likeness (QED) is 0.208. The van der Waals surface area contributed by atoms with Gasteiger partial charge < -0.3 is 15.0 Å². The van der Waals surface area contributed by atoms with Gasteiger partial charge in [-0.05, 0) is 19.3 Å². The Labute approximate surface area is 195 Å². The monoisotopic (exact) mass is 519 g/mol. The lowest BCUT2D eigenvalue weighted by atomic mass is 10.0. The summed E-state index contributed by atoms with van der Waals surface area (Å²) in [7, 11) is 0. The molecule has 0 radical (unpaired) electrons. The average Bonchev–Trinajstić information content (AvgIpc) is 3.18. The Hall–Kier alpha value is -0.640. The molecule has 7 heteroatoms. The number of morpholine rings is 1. The fourth-order valence-corrected chi connectivity index (χ4v) is 4.21. The van der Waals surface area contributed by atoms with E-state index < -0.39 is 0 Å². The van der Waals surface area contributed by atoms with Crippen LogP contribution in [0.3, 0.4) is 0 Å². The summed E-state index contributed by atoms with van der Waals surface area (Å²) in [4.78, 5) is 12.5. The maximum Gasteiger partial charge on any atom is 0.194 e. The van der Waals surface area contributed by atoms with E-state index in [9.17, 15) is 0 Å². The van der Waals surface area contributed by atoms with Crippen LogP contribution in [0.25, 0.3) is 0 Å².